The number of benzene rings is 1. The lowest BCUT2D eigenvalue weighted by atomic mass is 10.1. The number of rotatable bonds is 5. The highest BCUT2D eigenvalue weighted by Gasteiger charge is 2.27. The van der Waals surface area contributed by atoms with E-state index in [0.717, 1.165) is 26.1 Å². The van der Waals surface area contributed by atoms with Crippen molar-refractivity contribution >= 4 is 5.91 Å². The van der Waals surface area contributed by atoms with Gasteiger partial charge in [-0.1, -0.05) is 30.3 Å². The second-order valence-electron chi connectivity index (χ2n) is 5.76. The van der Waals surface area contributed by atoms with Gasteiger partial charge >= 0.3 is 0 Å². The van der Waals surface area contributed by atoms with Gasteiger partial charge < -0.3 is 10.6 Å². The van der Waals surface area contributed by atoms with Gasteiger partial charge in [-0.3, -0.25) is 9.69 Å². The number of nitrogens with zero attached hydrogens (tertiary/aromatic N) is 2. The minimum absolute atomic E-state index is 0.0246. The second kappa shape index (κ2) is 6.86. The molecule has 2 N–H and O–H groups in total. The SMILES string of the molecule is C[C@H](N)C(=O)N(C)CC1CCCN1Cc1ccccc1. The molecule has 4 heteroatoms. The molecule has 0 aromatic heterocycles. The summed E-state index contributed by atoms with van der Waals surface area (Å²) in [6.45, 7) is 4.59. The summed E-state index contributed by atoms with van der Waals surface area (Å²) in [5.74, 6) is 0.0246. The van der Waals surface area contributed by atoms with Crippen LogP contribution in [0.4, 0.5) is 0 Å². The van der Waals surface area contributed by atoms with Gasteiger partial charge in [0.15, 0.2) is 0 Å². The molecule has 1 aromatic carbocycles. The average molecular weight is 275 g/mol. The Morgan fingerprint density at radius 3 is 2.80 bits per heavy atom. The second-order valence-corrected chi connectivity index (χ2v) is 5.76. The number of carbonyl (C=O) groups excluding carboxylic acids is 1. The summed E-state index contributed by atoms with van der Waals surface area (Å²) in [5, 5.41) is 0. The van der Waals surface area contributed by atoms with Crippen LogP contribution in [0, 0.1) is 0 Å². The lowest BCUT2D eigenvalue weighted by Gasteiger charge is -2.29. The number of likely N-dealkylation sites (tertiary alicyclic amines) is 1. The maximum Gasteiger partial charge on any atom is 0.238 e. The van der Waals surface area contributed by atoms with Crippen LogP contribution in [0.2, 0.25) is 0 Å². The van der Waals surface area contributed by atoms with E-state index in [-0.39, 0.29) is 5.91 Å². The van der Waals surface area contributed by atoms with Gasteiger partial charge in [-0.15, -0.1) is 0 Å². The normalized spacial score (nSPS) is 20.9. The Hall–Kier alpha value is -1.39. The van der Waals surface area contributed by atoms with E-state index in [0.29, 0.717) is 6.04 Å². The number of carbonyl (C=O) groups is 1. The smallest absolute Gasteiger partial charge is 0.238 e. The van der Waals surface area contributed by atoms with Crippen molar-refractivity contribution in [3.05, 3.63) is 35.9 Å². The fraction of sp³-hybridized carbons (Fsp3) is 0.562. The molecule has 2 rings (SSSR count). The van der Waals surface area contributed by atoms with E-state index < -0.39 is 6.04 Å². The molecule has 0 radical (unpaired) electrons. The summed E-state index contributed by atoms with van der Waals surface area (Å²) in [4.78, 5) is 16.1. The van der Waals surface area contributed by atoms with Crippen molar-refractivity contribution < 1.29 is 4.79 Å². The van der Waals surface area contributed by atoms with Crippen molar-refractivity contribution in [1.82, 2.24) is 9.80 Å². The largest absolute Gasteiger partial charge is 0.343 e. The first-order chi connectivity index (χ1) is 9.58. The molecule has 4 nitrogen and oxygen atoms in total. The van der Waals surface area contributed by atoms with Crippen LogP contribution in [0.3, 0.4) is 0 Å². The molecule has 1 aromatic rings. The Labute approximate surface area is 121 Å². The predicted molar refractivity (Wildman–Crippen MR) is 81.2 cm³/mol. The molecular weight excluding hydrogens is 250 g/mol. The number of hydrogen-bond donors (Lipinski definition) is 1. The van der Waals surface area contributed by atoms with Gasteiger partial charge in [-0.05, 0) is 31.9 Å². The predicted octanol–water partition coefficient (Wildman–Crippen LogP) is 1.46. The van der Waals surface area contributed by atoms with Gasteiger partial charge in [0.25, 0.3) is 0 Å². The molecule has 0 saturated carbocycles. The maximum absolute atomic E-state index is 11.9. The highest BCUT2D eigenvalue weighted by atomic mass is 16.2. The average Bonchev–Trinajstić information content (AvgIpc) is 2.86. The van der Waals surface area contributed by atoms with Crippen molar-refractivity contribution in [3.8, 4) is 0 Å². The van der Waals surface area contributed by atoms with E-state index in [2.05, 4.69) is 29.2 Å². The summed E-state index contributed by atoms with van der Waals surface area (Å²) in [7, 11) is 1.85. The van der Waals surface area contributed by atoms with Crippen LogP contribution >= 0.6 is 0 Å². The molecule has 0 aliphatic carbocycles. The fourth-order valence-electron chi connectivity index (χ4n) is 2.88. The first kappa shape index (κ1) is 15.0. The zero-order valence-corrected chi connectivity index (χ0v) is 12.5. The molecule has 0 bridgehead atoms. The molecule has 20 heavy (non-hydrogen) atoms. The van der Waals surface area contributed by atoms with Crippen molar-refractivity contribution in [3.63, 3.8) is 0 Å². The summed E-state index contributed by atoms with van der Waals surface area (Å²) in [6.07, 6.45) is 2.36. The first-order valence-corrected chi connectivity index (χ1v) is 7.36. The van der Waals surface area contributed by atoms with Crippen LogP contribution in [-0.2, 0) is 11.3 Å². The highest BCUT2D eigenvalue weighted by Crippen LogP contribution is 2.20. The molecule has 2 atom stereocenters. The summed E-state index contributed by atoms with van der Waals surface area (Å²) < 4.78 is 0. The van der Waals surface area contributed by atoms with Crippen LogP contribution in [0.5, 0.6) is 0 Å². The number of hydrogen-bond acceptors (Lipinski definition) is 3. The van der Waals surface area contributed by atoms with Crippen LogP contribution in [0.15, 0.2) is 30.3 Å². The molecule has 1 unspecified atom stereocenters. The summed E-state index contributed by atoms with van der Waals surface area (Å²) in [5.41, 5.74) is 7.00. The Morgan fingerprint density at radius 2 is 2.15 bits per heavy atom. The first-order valence-electron chi connectivity index (χ1n) is 7.36. The molecule has 110 valence electrons. The third-order valence-electron chi connectivity index (χ3n) is 3.98. The van der Waals surface area contributed by atoms with E-state index in [1.54, 1.807) is 11.8 Å². The van der Waals surface area contributed by atoms with Gasteiger partial charge in [0.1, 0.15) is 0 Å². The van der Waals surface area contributed by atoms with Gasteiger partial charge in [-0.25, -0.2) is 0 Å². The zero-order chi connectivity index (χ0) is 14.5. The number of amides is 1. The van der Waals surface area contributed by atoms with Crippen LogP contribution < -0.4 is 5.73 Å². The molecule has 1 saturated heterocycles. The lowest BCUT2D eigenvalue weighted by Crippen LogP contribution is -2.46. The van der Waals surface area contributed by atoms with Crippen molar-refractivity contribution in [2.24, 2.45) is 5.73 Å². The van der Waals surface area contributed by atoms with E-state index >= 15 is 0 Å². The minimum atomic E-state index is -0.413. The molecule has 1 aliphatic rings. The molecule has 1 amide bonds. The quantitative estimate of drug-likeness (QED) is 0.885. The Bertz CT molecular complexity index is 433. The monoisotopic (exact) mass is 275 g/mol. The van der Waals surface area contributed by atoms with E-state index in [1.165, 1.54) is 12.0 Å². The molecule has 1 aliphatic heterocycles. The Kier molecular flexibility index (Phi) is 5.15. The molecule has 1 fully saturated rings. The van der Waals surface area contributed by atoms with Crippen LogP contribution in [0.25, 0.3) is 0 Å². The molecular formula is C16H25N3O. The van der Waals surface area contributed by atoms with Gasteiger partial charge in [0.05, 0.1) is 6.04 Å². The van der Waals surface area contributed by atoms with Crippen molar-refractivity contribution in [1.29, 1.82) is 0 Å². The zero-order valence-electron chi connectivity index (χ0n) is 12.5. The highest BCUT2D eigenvalue weighted by molar-refractivity contribution is 5.80. The van der Waals surface area contributed by atoms with Gasteiger partial charge in [0.2, 0.25) is 5.91 Å². The summed E-state index contributed by atoms with van der Waals surface area (Å²) in [6, 6.07) is 10.5. The Balaban J connectivity index is 1.92. The van der Waals surface area contributed by atoms with E-state index in [9.17, 15) is 4.79 Å². The van der Waals surface area contributed by atoms with Crippen molar-refractivity contribution in [2.45, 2.75) is 38.4 Å². The lowest BCUT2D eigenvalue weighted by molar-refractivity contribution is -0.131. The maximum atomic E-state index is 11.9. The van der Waals surface area contributed by atoms with Crippen molar-refractivity contribution in [2.75, 3.05) is 20.1 Å². The number of likely N-dealkylation sites (N-methyl/N-ethyl adjacent to an activating group) is 1. The minimum Gasteiger partial charge on any atom is -0.343 e. The van der Waals surface area contributed by atoms with E-state index in [1.807, 2.05) is 13.1 Å². The van der Waals surface area contributed by atoms with Gasteiger partial charge in [0, 0.05) is 26.2 Å². The van der Waals surface area contributed by atoms with E-state index in [4.69, 9.17) is 5.73 Å². The Morgan fingerprint density at radius 1 is 1.45 bits per heavy atom. The standard InChI is InChI=1S/C16H25N3O/c1-13(17)16(20)18(2)12-15-9-6-10-19(15)11-14-7-4-3-5-8-14/h3-5,7-8,13,15H,6,9-12,17H2,1-2H3/t13-,15?/m0/s1. The van der Waals surface area contributed by atoms with Gasteiger partial charge in [-0.2, -0.15) is 0 Å². The van der Waals surface area contributed by atoms with Crippen LogP contribution in [-0.4, -0.2) is 47.9 Å². The molecule has 1 heterocycles. The third-order valence-corrected chi connectivity index (χ3v) is 3.98. The summed E-state index contributed by atoms with van der Waals surface area (Å²) >= 11 is 0. The topological polar surface area (TPSA) is 49.6 Å². The van der Waals surface area contributed by atoms with Crippen LogP contribution in [0.1, 0.15) is 25.3 Å². The third kappa shape index (κ3) is 3.81. The molecule has 0 spiro atoms. The number of nitrogens with two attached hydrogens (primary N) is 1. The fourth-order valence-corrected chi connectivity index (χ4v) is 2.88.